The zero-order valence-electron chi connectivity index (χ0n) is 11.9. The minimum absolute atomic E-state index is 0.277. The summed E-state index contributed by atoms with van der Waals surface area (Å²) < 4.78 is 5.85. The fourth-order valence-electron chi connectivity index (χ4n) is 2.21. The summed E-state index contributed by atoms with van der Waals surface area (Å²) in [6.07, 6.45) is 0.585. The number of aliphatic hydroxyl groups excluding tert-OH is 1. The number of nitrogens with one attached hydrogen (secondary N) is 1. The van der Waals surface area contributed by atoms with Crippen molar-refractivity contribution in [1.29, 1.82) is 0 Å². The number of fused-ring (bicyclic) bond motifs is 1. The number of rotatable bonds is 6. The smallest absolute Gasteiger partial charge is 0.134 e. The largest absolute Gasteiger partial charge is 0.461 e. The fourth-order valence-corrected chi connectivity index (χ4v) is 2.21. The first-order valence-corrected chi connectivity index (χ1v) is 7.01. The zero-order valence-corrected chi connectivity index (χ0v) is 11.9. The Hall–Kier alpha value is -1.32. The molecule has 2 rings (SSSR count). The van der Waals surface area contributed by atoms with Crippen LogP contribution in [-0.4, -0.2) is 17.8 Å². The summed E-state index contributed by atoms with van der Waals surface area (Å²) in [5.74, 6) is 1.31. The van der Waals surface area contributed by atoms with Crippen molar-refractivity contribution in [1.82, 2.24) is 5.32 Å². The Kier molecular flexibility index (Phi) is 4.61. The van der Waals surface area contributed by atoms with Gasteiger partial charge >= 0.3 is 0 Å². The molecule has 0 fully saturated rings. The number of aryl methyl sites for hydroxylation is 1. The molecule has 1 heterocycles. The number of hydrogen-bond donors (Lipinski definition) is 2. The number of benzene rings is 1. The van der Waals surface area contributed by atoms with Crippen LogP contribution < -0.4 is 5.32 Å². The van der Waals surface area contributed by atoms with E-state index in [1.54, 1.807) is 0 Å². The van der Waals surface area contributed by atoms with Crippen molar-refractivity contribution in [2.75, 3.05) is 6.54 Å². The van der Waals surface area contributed by atoms with Crippen LogP contribution in [0.25, 0.3) is 11.0 Å². The first-order valence-electron chi connectivity index (χ1n) is 7.01. The average Bonchev–Trinajstić information content (AvgIpc) is 2.76. The van der Waals surface area contributed by atoms with Gasteiger partial charge in [-0.2, -0.15) is 0 Å². The Labute approximate surface area is 114 Å². The number of furan rings is 1. The molecular formula is C16H23NO2. The highest BCUT2D eigenvalue weighted by molar-refractivity contribution is 5.82. The Morgan fingerprint density at radius 3 is 2.68 bits per heavy atom. The first-order chi connectivity index (χ1) is 9.13. The van der Waals surface area contributed by atoms with Crippen LogP contribution in [-0.2, 0) is 13.0 Å². The third kappa shape index (κ3) is 3.17. The minimum Gasteiger partial charge on any atom is -0.461 e. The Bertz CT molecular complexity index is 531. The fraction of sp³-hybridized carbons (Fsp3) is 0.500. The van der Waals surface area contributed by atoms with E-state index in [0.717, 1.165) is 24.3 Å². The minimum atomic E-state index is -0.303. The molecule has 1 atom stereocenters. The molecule has 19 heavy (non-hydrogen) atoms. The third-order valence-corrected chi connectivity index (χ3v) is 3.53. The summed E-state index contributed by atoms with van der Waals surface area (Å²) >= 11 is 0. The van der Waals surface area contributed by atoms with Crippen molar-refractivity contribution in [2.24, 2.45) is 5.92 Å². The molecule has 0 aliphatic carbocycles. The van der Waals surface area contributed by atoms with Gasteiger partial charge < -0.3 is 14.8 Å². The van der Waals surface area contributed by atoms with E-state index >= 15 is 0 Å². The van der Waals surface area contributed by atoms with Crippen molar-refractivity contribution in [2.45, 2.75) is 39.8 Å². The normalized spacial score (nSPS) is 13.3. The monoisotopic (exact) mass is 261 g/mol. The molecule has 3 nitrogen and oxygen atoms in total. The summed E-state index contributed by atoms with van der Waals surface area (Å²) in [6.45, 7) is 7.50. The van der Waals surface area contributed by atoms with Gasteiger partial charge in [-0.3, -0.25) is 0 Å². The second-order valence-electron chi connectivity index (χ2n) is 5.30. The maximum absolute atomic E-state index is 9.81. The molecule has 3 heteroatoms. The highest BCUT2D eigenvalue weighted by atomic mass is 16.3. The average molecular weight is 261 g/mol. The van der Waals surface area contributed by atoms with Crippen LogP contribution in [0.3, 0.4) is 0 Å². The topological polar surface area (TPSA) is 45.4 Å². The van der Waals surface area contributed by atoms with E-state index in [4.69, 9.17) is 4.42 Å². The quantitative estimate of drug-likeness (QED) is 0.840. The van der Waals surface area contributed by atoms with Gasteiger partial charge in [0.2, 0.25) is 0 Å². The SMILES string of the molecule is CCc1oc2ccccc2c1CNCC(O)C(C)C. The van der Waals surface area contributed by atoms with Gasteiger partial charge in [0.25, 0.3) is 0 Å². The van der Waals surface area contributed by atoms with Gasteiger partial charge in [-0.15, -0.1) is 0 Å². The summed E-state index contributed by atoms with van der Waals surface area (Å²) in [4.78, 5) is 0. The van der Waals surface area contributed by atoms with Crippen molar-refractivity contribution in [3.8, 4) is 0 Å². The predicted octanol–water partition coefficient (Wildman–Crippen LogP) is 3.10. The van der Waals surface area contributed by atoms with Crippen molar-refractivity contribution in [3.63, 3.8) is 0 Å². The van der Waals surface area contributed by atoms with Crippen LogP contribution >= 0.6 is 0 Å². The molecule has 0 aliphatic rings. The maximum atomic E-state index is 9.81. The second-order valence-corrected chi connectivity index (χ2v) is 5.30. The summed E-state index contributed by atoms with van der Waals surface area (Å²) in [5, 5.41) is 14.3. The molecule has 1 unspecified atom stereocenters. The summed E-state index contributed by atoms with van der Waals surface area (Å²) in [6, 6.07) is 8.11. The molecule has 0 saturated carbocycles. The lowest BCUT2D eigenvalue weighted by Crippen LogP contribution is -2.30. The molecule has 104 valence electrons. The van der Waals surface area contributed by atoms with Crippen LogP contribution in [0.15, 0.2) is 28.7 Å². The van der Waals surface area contributed by atoms with Crippen LogP contribution in [0.5, 0.6) is 0 Å². The highest BCUT2D eigenvalue weighted by Crippen LogP contribution is 2.26. The van der Waals surface area contributed by atoms with Crippen LogP contribution in [0.2, 0.25) is 0 Å². The standard InChI is InChI=1S/C16H23NO2/c1-4-15-13(9-17-10-14(18)11(2)3)12-7-5-6-8-16(12)19-15/h5-8,11,14,17-18H,4,9-10H2,1-3H3. The molecule has 0 spiro atoms. The van der Waals surface area contributed by atoms with E-state index in [1.807, 2.05) is 32.0 Å². The molecular weight excluding hydrogens is 238 g/mol. The van der Waals surface area contributed by atoms with E-state index in [1.165, 1.54) is 10.9 Å². The lowest BCUT2D eigenvalue weighted by molar-refractivity contribution is 0.123. The van der Waals surface area contributed by atoms with Gasteiger partial charge in [-0.1, -0.05) is 39.0 Å². The van der Waals surface area contributed by atoms with Crippen LogP contribution in [0.1, 0.15) is 32.1 Å². The van der Waals surface area contributed by atoms with Crippen LogP contribution in [0.4, 0.5) is 0 Å². The van der Waals surface area contributed by atoms with E-state index in [9.17, 15) is 5.11 Å². The van der Waals surface area contributed by atoms with E-state index in [0.29, 0.717) is 6.54 Å². The Balaban J connectivity index is 2.11. The number of para-hydroxylation sites is 1. The molecule has 2 aromatic rings. The molecule has 0 saturated heterocycles. The van der Waals surface area contributed by atoms with Gasteiger partial charge in [0.05, 0.1) is 6.10 Å². The molecule has 0 bridgehead atoms. The second kappa shape index (κ2) is 6.22. The number of aliphatic hydroxyl groups is 1. The van der Waals surface area contributed by atoms with E-state index < -0.39 is 0 Å². The lowest BCUT2D eigenvalue weighted by Gasteiger charge is -2.15. The van der Waals surface area contributed by atoms with Crippen LogP contribution in [0, 0.1) is 5.92 Å². The Morgan fingerprint density at radius 2 is 2.00 bits per heavy atom. The molecule has 2 N–H and O–H groups in total. The molecule has 0 radical (unpaired) electrons. The van der Waals surface area contributed by atoms with Gasteiger partial charge in [-0.25, -0.2) is 0 Å². The van der Waals surface area contributed by atoms with Crippen molar-refractivity contribution >= 4 is 11.0 Å². The predicted molar refractivity (Wildman–Crippen MR) is 78.1 cm³/mol. The molecule has 0 aliphatic heterocycles. The van der Waals surface area contributed by atoms with Crippen molar-refractivity contribution < 1.29 is 9.52 Å². The zero-order chi connectivity index (χ0) is 13.8. The van der Waals surface area contributed by atoms with Gasteiger partial charge in [0.1, 0.15) is 11.3 Å². The highest BCUT2D eigenvalue weighted by Gasteiger charge is 2.13. The molecule has 0 amide bonds. The van der Waals surface area contributed by atoms with Gasteiger partial charge in [0.15, 0.2) is 0 Å². The first kappa shape index (κ1) is 14.1. The summed E-state index contributed by atoms with van der Waals surface area (Å²) in [7, 11) is 0. The van der Waals surface area contributed by atoms with Gasteiger partial charge in [0, 0.05) is 30.5 Å². The molecule has 1 aromatic heterocycles. The van der Waals surface area contributed by atoms with E-state index in [2.05, 4.69) is 18.3 Å². The van der Waals surface area contributed by atoms with E-state index in [-0.39, 0.29) is 12.0 Å². The van der Waals surface area contributed by atoms with Gasteiger partial charge in [-0.05, 0) is 12.0 Å². The molecule has 1 aromatic carbocycles. The number of hydrogen-bond acceptors (Lipinski definition) is 3. The summed E-state index contributed by atoms with van der Waals surface area (Å²) in [5.41, 5.74) is 2.16. The third-order valence-electron chi connectivity index (χ3n) is 3.53. The van der Waals surface area contributed by atoms with Crippen molar-refractivity contribution in [3.05, 3.63) is 35.6 Å². The Morgan fingerprint density at radius 1 is 1.26 bits per heavy atom. The maximum Gasteiger partial charge on any atom is 0.134 e. The lowest BCUT2D eigenvalue weighted by atomic mass is 10.1.